The first kappa shape index (κ1) is 13.3. The van der Waals surface area contributed by atoms with E-state index in [0.717, 1.165) is 22.1 Å². The van der Waals surface area contributed by atoms with Gasteiger partial charge in [-0.2, -0.15) is 0 Å². The van der Waals surface area contributed by atoms with Crippen LogP contribution in [0.25, 0.3) is 10.8 Å². The summed E-state index contributed by atoms with van der Waals surface area (Å²) in [6.07, 6.45) is 0. The normalized spacial score (nSPS) is 19.1. The highest BCUT2D eigenvalue weighted by molar-refractivity contribution is 7.93. The first-order valence-corrected chi connectivity index (χ1v) is 8.82. The van der Waals surface area contributed by atoms with Gasteiger partial charge >= 0.3 is 0 Å². The maximum absolute atomic E-state index is 13.6. The molecule has 3 aromatic carbocycles. The zero-order valence-electron chi connectivity index (χ0n) is 12.0. The third kappa shape index (κ3) is 1.69. The summed E-state index contributed by atoms with van der Waals surface area (Å²) in [6, 6.07) is 19.1. The van der Waals surface area contributed by atoms with Gasteiger partial charge in [0.15, 0.2) is 5.52 Å². The molecule has 3 nitrogen and oxygen atoms in total. The van der Waals surface area contributed by atoms with E-state index in [1.807, 2.05) is 54.6 Å². The van der Waals surface area contributed by atoms with E-state index >= 15 is 0 Å². The number of fused-ring (bicyclic) bond motifs is 3. The first-order valence-electron chi connectivity index (χ1n) is 7.12. The minimum Gasteiger partial charge on any atom is -0.354 e. The number of hydrogen-bond acceptors (Lipinski definition) is 3. The van der Waals surface area contributed by atoms with E-state index in [2.05, 4.69) is 5.32 Å². The lowest BCUT2D eigenvalue weighted by Crippen LogP contribution is -2.29. The number of para-hydroxylation sites is 1. The minimum atomic E-state index is -3.27. The Labute approximate surface area is 128 Å². The van der Waals surface area contributed by atoms with Crippen molar-refractivity contribution in [2.75, 3.05) is 5.32 Å². The average molecular weight is 307 g/mol. The molecular formula is C18H14NO2P. The largest absolute Gasteiger partial charge is 0.354 e. The molecule has 0 radical (unpaired) electrons. The quantitative estimate of drug-likeness (QED) is 0.696. The second kappa shape index (κ2) is 4.56. The summed E-state index contributed by atoms with van der Waals surface area (Å²) in [5.41, 5.74) is 1.23. The molecule has 0 spiro atoms. The molecule has 1 atom stereocenters. The van der Waals surface area contributed by atoms with Crippen LogP contribution in [-0.4, -0.2) is 5.52 Å². The van der Waals surface area contributed by atoms with Crippen LogP contribution in [0.15, 0.2) is 60.7 Å². The lowest BCUT2D eigenvalue weighted by atomic mass is 10.1. The van der Waals surface area contributed by atoms with Gasteiger partial charge in [0.05, 0.1) is 11.4 Å². The monoisotopic (exact) mass is 307 g/mol. The molecule has 0 aliphatic carbocycles. The summed E-state index contributed by atoms with van der Waals surface area (Å²) >= 11 is 0. The first-order chi connectivity index (χ1) is 10.6. The van der Waals surface area contributed by atoms with Crippen molar-refractivity contribution in [3.8, 4) is 0 Å². The Hall–Kier alpha value is -2.38. The molecular weight excluding hydrogens is 293 g/mol. The number of rotatable bonds is 1. The van der Waals surface area contributed by atoms with Gasteiger partial charge in [-0.25, -0.2) is 0 Å². The van der Waals surface area contributed by atoms with Gasteiger partial charge in [0, 0.05) is 17.5 Å². The number of carbonyl (C=O) groups excluding carboxylic acids is 1. The predicted molar refractivity (Wildman–Crippen MR) is 91.2 cm³/mol. The molecule has 1 aliphatic rings. The van der Waals surface area contributed by atoms with Crippen LogP contribution in [0.1, 0.15) is 6.92 Å². The van der Waals surface area contributed by atoms with Crippen LogP contribution in [0.5, 0.6) is 0 Å². The number of nitrogens with one attached hydrogen (secondary N) is 1. The molecule has 4 rings (SSSR count). The van der Waals surface area contributed by atoms with E-state index in [-0.39, 0.29) is 5.52 Å². The highest BCUT2D eigenvalue weighted by atomic mass is 31.2. The predicted octanol–water partition coefficient (Wildman–Crippen LogP) is 3.76. The van der Waals surface area contributed by atoms with Gasteiger partial charge in [0.25, 0.3) is 0 Å². The van der Waals surface area contributed by atoms with Gasteiger partial charge in [-0.1, -0.05) is 36.4 Å². The van der Waals surface area contributed by atoms with Crippen molar-refractivity contribution in [2.45, 2.75) is 6.92 Å². The molecule has 0 saturated carbocycles. The zero-order valence-corrected chi connectivity index (χ0v) is 12.9. The van der Waals surface area contributed by atoms with Crippen molar-refractivity contribution in [3.05, 3.63) is 60.7 Å². The number of hydrogen-bond donors (Lipinski definition) is 1. The van der Waals surface area contributed by atoms with Gasteiger partial charge in [-0.15, -0.1) is 0 Å². The molecule has 0 amide bonds. The average Bonchev–Trinajstić information content (AvgIpc) is 2.53. The Morgan fingerprint density at radius 2 is 1.50 bits per heavy atom. The van der Waals surface area contributed by atoms with Crippen molar-refractivity contribution < 1.29 is 9.36 Å². The topological polar surface area (TPSA) is 46.2 Å². The number of anilines is 2. The van der Waals surface area contributed by atoms with E-state index in [4.69, 9.17) is 0 Å². The van der Waals surface area contributed by atoms with Crippen LogP contribution in [0.2, 0.25) is 0 Å². The summed E-state index contributed by atoms with van der Waals surface area (Å²) in [5.74, 6) is 0. The molecule has 3 aromatic rings. The van der Waals surface area contributed by atoms with Crippen LogP contribution in [0.4, 0.5) is 11.4 Å². The van der Waals surface area contributed by atoms with Gasteiger partial charge in [0.1, 0.15) is 0 Å². The van der Waals surface area contributed by atoms with E-state index in [1.54, 1.807) is 6.07 Å². The van der Waals surface area contributed by atoms with E-state index in [9.17, 15) is 9.36 Å². The van der Waals surface area contributed by atoms with Gasteiger partial charge in [-0.05, 0) is 35.0 Å². The molecule has 0 aromatic heterocycles. The van der Waals surface area contributed by atoms with E-state index < -0.39 is 7.14 Å². The molecule has 1 heterocycles. The minimum absolute atomic E-state index is 0.280. The Morgan fingerprint density at radius 1 is 0.864 bits per heavy atom. The smallest absolute Gasteiger partial charge is 0.208 e. The fourth-order valence-electron chi connectivity index (χ4n) is 3.06. The van der Waals surface area contributed by atoms with Gasteiger partial charge < -0.3 is 9.88 Å². The van der Waals surface area contributed by atoms with Gasteiger partial charge in [-0.3, -0.25) is 4.79 Å². The van der Waals surface area contributed by atoms with Crippen LogP contribution < -0.4 is 15.9 Å². The molecule has 0 bridgehead atoms. The third-order valence-corrected chi connectivity index (χ3v) is 7.16. The van der Waals surface area contributed by atoms with Crippen molar-refractivity contribution >= 4 is 45.4 Å². The molecule has 108 valence electrons. The van der Waals surface area contributed by atoms with E-state index in [0.29, 0.717) is 10.6 Å². The maximum Gasteiger partial charge on any atom is 0.208 e. The number of carbonyl (C=O) groups is 1. The summed E-state index contributed by atoms with van der Waals surface area (Å²) < 4.78 is 13.6. The Bertz CT molecular complexity index is 978. The molecule has 0 fully saturated rings. The fourth-order valence-corrected chi connectivity index (χ4v) is 5.54. The van der Waals surface area contributed by atoms with Gasteiger partial charge in [0.2, 0.25) is 7.14 Å². The second-order valence-electron chi connectivity index (χ2n) is 5.49. The fraction of sp³-hybridized carbons (Fsp3) is 0.0556. The third-order valence-electron chi connectivity index (χ3n) is 4.16. The molecule has 1 N–H and O–H groups in total. The zero-order chi connectivity index (χ0) is 15.3. The lowest BCUT2D eigenvalue weighted by Gasteiger charge is -2.28. The van der Waals surface area contributed by atoms with Crippen molar-refractivity contribution in [2.24, 2.45) is 0 Å². The molecule has 0 unspecified atom stereocenters. The summed E-state index contributed by atoms with van der Waals surface area (Å²) in [6.45, 7) is 1.42. The van der Waals surface area contributed by atoms with Crippen molar-refractivity contribution in [1.29, 1.82) is 0 Å². The maximum atomic E-state index is 13.6. The Morgan fingerprint density at radius 3 is 2.23 bits per heavy atom. The highest BCUT2D eigenvalue weighted by Crippen LogP contribution is 2.51. The molecule has 22 heavy (non-hydrogen) atoms. The Kier molecular flexibility index (Phi) is 2.75. The van der Waals surface area contributed by atoms with Crippen LogP contribution in [-0.2, 0) is 9.36 Å². The molecule has 1 aliphatic heterocycles. The Balaban J connectivity index is 2.11. The van der Waals surface area contributed by atoms with Crippen molar-refractivity contribution in [1.82, 2.24) is 0 Å². The number of benzene rings is 3. The van der Waals surface area contributed by atoms with Crippen LogP contribution in [0.3, 0.4) is 0 Å². The standard InChI is InChI=1S/C18H14NO2P/c1-12(20)22(21)17-9-5-4-8-15(17)19-16-10-13-6-2-3-7-14(13)11-18(16)22/h2-11,19H,1H3/t22-/m0/s1. The molecule has 4 heteroatoms. The lowest BCUT2D eigenvalue weighted by molar-refractivity contribution is -0.109. The van der Waals surface area contributed by atoms with E-state index in [1.165, 1.54) is 6.92 Å². The SMILES string of the molecule is CC(=O)[P@]1(=O)c2ccccc2Nc2cc3ccccc3cc21. The molecule has 0 saturated heterocycles. The second-order valence-corrected chi connectivity index (χ2v) is 8.30. The van der Waals surface area contributed by atoms with Crippen LogP contribution in [0, 0.1) is 0 Å². The highest BCUT2D eigenvalue weighted by Gasteiger charge is 2.39. The summed E-state index contributed by atoms with van der Waals surface area (Å²) in [7, 11) is -3.27. The summed E-state index contributed by atoms with van der Waals surface area (Å²) in [5, 5.41) is 6.58. The van der Waals surface area contributed by atoms with Crippen LogP contribution >= 0.6 is 7.14 Å². The van der Waals surface area contributed by atoms with Crippen molar-refractivity contribution in [3.63, 3.8) is 0 Å². The summed E-state index contributed by atoms with van der Waals surface area (Å²) in [4.78, 5) is 12.3.